The number of anilines is 1. The van der Waals surface area contributed by atoms with Crippen molar-refractivity contribution in [2.45, 2.75) is 52.5 Å². The van der Waals surface area contributed by atoms with Gasteiger partial charge < -0.3 is 10.2 Å². The highest BCUT2D eigenvalue weighted by atomic mass is 16.2. The molecular weight excluding hydrogens is 290 g/mol. The fraction of sp³-hybridized carbons (Fsp3) is 0.706. The zero-order valence-corrected chi connectivity index (χ0v) is 15.0. The molecule has 1 atom stereocenters. The van der Waals surface area contributed by atoms with Crippen molar-refractivity contribution in [2.75, 3.05) is 31.5 Å². The van der Waals surface area contributed by atoms with E-state index in [4.69, 9.17) is 0 Å². The first kappa shape index (κ1) is 17.7. The molecule has 0 spiro atoms. The number of nitrogens with zero attached hydrogens (tertiary/aromatic N) is 4. The van der Waals surface area contributed by atoms with Crippen LogP contribution in [0.1, 0.15) is 46.9 Å². The molecule has 2 rings (SSSR count). The summed E-state index contributed by atoms with van der Waals surface area (Å²) in [4.78, 5) is 25.4. The van der Waals surface area contributed by atoms with E-state index >= 15 is 0 Å². The number of rotatable bonds is 4. The summed E-state index contributed by atoms with van der Waals surface area (Å²) in [6, 6.07) is 0.405. The van der Waals surface area contributed by atoms with E-state index in [0.717, 1.165) is 38.4 Å². The normalized spacial score (nSPS) is 18.5. The van der Waals surface area contributed by atoms with Gasteiger partial charge >= 0.3 is 6.03 Å². The van der Waals surface area contributed by atoms with Crippen LogP contribution in [0.4, 0.5) is 10.5 Å². The number of hydrogen-bond acceptors (Lipinski definition) is 4. The standard InChI is InChI=1S/C17H29N5O/c1-6-21(7-2)14-8-9-22(12-14)16(23)20-13-10-18-15(19-11-13)17(3,4)5/h10-11,14H,6-9,12H2,1-5H3,(H,20,23)/t14-/m0/s1. The summed E-state index contributed by atoms with van der Waals surface area (Å²) in [5.41, 5.74) is 0.559. The lowest BCUT2D eigenvalue weighted by atomic mass is 9.96. The van der Waals surface area contributed by atoms with E-state index in [1.54, 1.807) is 12.4 Å². The number of carbonyl (C=O) groups excluding carboxylic acids is 1. The number of hydrogen-bond donors (Lipinski definition) is 1. The maximum Gasteiger partial charge on any atom is 0.321 e. The second-order valence-corrected chi connectivity index (χ2v) is 7.09. The topological polar surface area (TPSA) is 61.4 Å². The van der Waals surface area contributed by atoms with E-state index in [0.29, 0.717) is 11.7 Å². The van der Waals surface area contributed by atoms with Crippen molar-refractivity contribution in [1.82, 2.24) is 19.8 Å². The Kier molecular flexibility index (Phi) is 5.57. The third kappa shape index (κ3) is 4.41. The molecule has 1 fully saturated rings. The zero-order valence-electron chi connectivity index (χ0n) is 15.0. The summed E-state index contributed by atoms with van der Waals surface area (Å²) in [7, 11) is 0. The van der Waals surface area contributed by atoms with Crippen molar-refractivity contribution in [3.63, 3.8) is 0 Å². The summed E-state index contributed by atoms with van der Waals surface area (Å²) < 4.78 is 0. The second-order valence-electron chi connectivity index (χ2n) is 7.09. The Balaban J connectivity index is 1.92. The molecule has 0 aliphatic carbocycles. The highest BCUT2D eigenvalue weighted by molar-refractivity contribution is 5.89. The van der Waals surface area contributed by atoms with E-state index < -0.39 is 0 Å². The lowest BCUT2D eigenvalue weighted by Crippen LogP contribution is -2.39. The van der Waals surface area contributed by atoms with Crippen LogP contribution in [0.15, 0.2) is 12.4 Å². The first-order chi connectivity index (χ1) is 10.8. The molecular formula is C17H29N5O. The summed E-state index contributed by atoms with van der Waals surface area (Å²) in [6.07, 6.45) is 4.40. The number of aromatic nitrogens is 2. The first-order valence-electron chi connectivity index (χ1n) is 8.47. The summed E-state index contributed by atoms with van der Waals surface area (Å²) in [5, 5.41) is 2.90. The Morgan fingerprint density at radius 3 is 2.43 bits per heavy atom. The van der Waals surface area contributed by atoms with Gasteiger partial charge in [-0.25, -0.2) is 14.8 Å². The predicted molar refractivity (Wildman–Crippen MR) is 92.6 cm³/mol. The minimum Gasteiger partial charge on any atom is -0.323 e. The Morgan fingerprint density at radius 1 is 1.30 bits per heavy atom. The fourth-order valence-electron chi connectivity index (χ4n) is 2.95. The van der Waals surface area contributed by atoms with Gasteiger partial charge in [-0.2, -0.15) is 0 Å². The van der Waals surface area contributed by atoms with E-state index in [1.165, 1.54) is 0 Å². The Morgan fingerprint density at radius 2 is 1.91 bits per heavy atom. The van der Waals surface area contributed by atoms with Crippen LogP contribution in [0.5, 0.6) is 0 Å². The highest BCUT2D eigenvalue weighted by Crippen LogP contribution is 2.19. The SMILES string of the molecule is CCN(CC)[C@H]1CCN(C(=O)Nc2cnc(C(C)(C)C)nc2)C1. The maximum atomic E-state index is 12.4. The Hall–Kier alpha value is -1.69. The number of likely N-dealkylation sites (N-methyl/N-ethyl adjacent to an activating group) is 1. The van der Waals surface area contributed by atoms with Crippen molar-refractivity contribution in [3.05, 3.63) is 18.2 Å². The Bertz CT molecular complexity index is 519. The number of carbonyl (C=O) groups is 1. The molecule has 0 unspecified atom stereocenters. The third-order valence-corrected chi connectivity index (χ3v) is 4.35. The van der Waals surface area contributed by atoms with Gasteiger partial charge in [-0.05, 0) is 19.5 Å². The van der Waals surface area contributed by atoms with Crippen molar-refractivity contribution < 1.29 is 4.79 Å². The second kappa shape index (κ2) is 7.25. The van der Waals surface area contributed by atoms with Gasteiger partial charge in [0, 0.05) is 24.5 Å². The molecule has 1 aromatic rings. The molecule has 23 heavy (non-hydrogen) atoms. The molecule has 0 bridgehead atoms. The summed E-state index contributed by atoms with van der Waals surface area (Å²) in [5.74, 6) is 0.776. The van der Waals surface area contributed by atoms with Crippen LogP contribution in [0.3, 0.4) is 0 Å². The molecule has 0 saturated carbocycles. The van der Waals surface area contributed by atoms with Gasteiger partial charge in [-0.3, -0.25) is 4.90 Å². The van der Waals surface area contributed by atoms with Crippen LogP contribution < -0.4 is 5.32 Å². The summed E-state index contributed by atoms with van der Waals surface area (Å²) >= 11 is 0. The molecule has 1 aromatic heterocycles. The van der Waals surface area contributed by atoms with Crippen LogP contribution >= 0.6 is 0 Å². The number of urea groups is 1. The predicted octanol–water partition coefficient (Wildman–Crippen LogP) is 2.72. The number of amides is 2. The fourth-order valence-corrected chi connectivity index (χ4v) is 2.95. The smallest absolute Gasteiger partial charge is 0.321 e. The van der Waals surface area contributed by atoms with Crippen molar-refractivity contribution in [2.24, 2.45) is 0 Å². The van der Waals surface area contributed by atoms with Crippen LogP contribution in [-0.2, 0) is 5.41 Å². The zero-order chi connectivity index (χ0) is 17.0. The first-order valence-corrected chi connectivity index (χ1v) is 8.47. The lowest BCUT2D eigenvalue weighted by Gasteiger charge is -2.26. The van der Waals surface area contributed by atoms with Crippen LogP contribution in [0.2, 0.25) is 0 Å². The van der Waals surface area contributed by atoms with E-state index in [2.05, 4.69) is 54.8 Å². The number of likely N-dealkylation sites (tertiary alicyclic amines) is 1. The lowest BCUT2D eigenvalue weighted by molar-refractivity contribution is 0.202. The van der Waals surface area contributed by atoms with Gasteiger partial charge in [0.05, 0.1) is 18.1 Å². The molecule has 1 N–H and O–H groups in total. The van der Waals surface area contributed by atoms with Crippen molar-refractivity contribution in [1.29, 1.82) is 0 Å². The molecule has 0 radical (unpaired) electrons. The van der Waals surface area contributed by atoms with Gasteiger partial charge in [0.15, 0.2) is 0 Å². The molecule has 1 aliphatic heterocycles. The van der Waals surface area contributed by atoms with Crippen LogP contribution in [0, 0.1) is 0 Å². The van der Waals surface area contributed by atoms with Crippen molar-refractivity contribution in [3.8, 4) is 0 Å². The van der Waals surface area contributed by atoms with E-state index in [1.807, 2.05) is 4.90 Å². The third-order valence-electron chi connectivity index (χ3n) is 4.35. The van der Waals surface area contributed by atoms with Gasteiger partial charge in [-0.15, -0.1) is 0 Å². The highest BCUT2D eigenvalue weighted by Gasteiger charge is 2.29. The molecule has 0 aromatic carbocycles. The van der Waals surface area contributed by atoms with Crippen LogP contribution in [-0.4, -0.2) is 58.0 Å². The molecule has 2 heterocycles. The van der Waals surface area contributed by atoms with E-state index in [9.17, 15) is 4.79 Å². The number of nitrogens with one attached hydrogen (secondary N) is 1. The largest absolute Gasteiger partial charge is 0.323 e. The monoisotopic (exact) mass is 319 g/mol. The average molecular weight is 319 g/mol. The maximum absolute atomic E-state index is 12.4. The molecule has 128 valence electrons. The molecule has 1 saturated heterocycles. The average Bonchev–Trinajstić information content (AvgIpc) is 2.98. The molecule has 6 heteroatoms. The Labute approximate surface area is 139 Å². The van der Waals surface area contributed by atoms with Crippen molar-refractivity contribution >= 4 is 11.7 Å². The summed E-state index contributed by atoms with van der Waals surface area (Å²) in [6.45, 7) is 14.2. The molecule has 6 nitrogen and oxygen atoms in total. The molecule has 1 aliphatic rings. The quantitative estimate of drug-likeness (QED) is 0.927. The minimum absolute atomic E-state index is 0.0632. The van der Waals surface area contributed by atoms with Crippen LogP contribution in [0.25, 0.3) is 0 Å². The van der Waals surface area contributed by atoms with Gasteiger partial charge in [0.1, 0.15) is 5.82 Å². The van der Waals surface area contributed by atoms with E-state index in [-0.39, 0.29) is 11.4 Å². The molecule has 2 amide bonds. The van der Waals surface area contributed by atoms with Gasteiger partial charge in [-0.1, -0.05) is 34.6 Å². The van der Waals surface area contributed by atoms with Gasteiger partial charge in [0.25, 0.3) is 0 Å². The van der Waals surface area contributed by atoms with Gasteiger partial charge in [0.2, 0.25) is 0 Å². The minimum atomic E-state index is -0.0888.